The second-order valence-corrected chi connectivity index (χ2v) is 7.07. The fourth-order valence-electron chi connectivity index (χ4n) is 3.61. The Bertz CT molecular complexity index is 724. The standard InChI is InChI=1S/C20H27N5O/c1-16-4-2-5-17(14-16)24-9-11-25(12-10-24)20-21-8-7-19(23-20)22-15-18-6-3-13-26-18/h2,4-5,7-8,14,18H,3,6,9-13,15H2,1H3,(H,21,22,23). The molecule has 1 aromatic carbocycles. The molecule has 1 aromatic heterocycles. The maximum atomic E-state index is 5.66. The van der Waals surface area contributed by atoms with Crippen molar-refractivity contribution >= 4 is 17.5 Å². The van der Waals surface area contributed by atoms with Gasteiger partial charge in [-0.05, 0) is 43.5 Å². The van der Waals surface area contributed by atoms with E-state index in [4.69, 9.17) is 9.72 Å². The minimum absolute atomic E-state index is 0.311. The molecule has 2 fully saturated rings. The molecule has 0 amide bonds. The third-order valence-corrected chi connectivity index (χ3v) is 5.11. The molecular formula is C20H27N5O. The number of nitrogens with one attached hydrogen (secondary N) is 1. The fourth-order valence-corrected chi connectivity index (χ4v) is 3.61. The van der Waals surface area contributed by atoms with E-state index in [-0.39, 0.29) is 0 Å². The largest absolute Gasteiger partial charge is 0.376 e. The van der Waals surface area contributed by atoms with Crippen LogP contribution < -0.4 is 15.1 Å². The van der Waals surface area contributed by atoms with Crippen molar-refractivity contribution in [1.29, 1.82) is 0 Å². The molecule has 0 aliphatic carbocycles. The lowest BCUT2D eigenvalue weighted by atomic mass is 10.2. The molecule has 2 aliphatic rings. The van der Waals surface area contributed by atoms with Crippen molar-refractivity contribution in [3.05, 3.63) is 42.1 Å². The van der Waals surface area contributed by atoms with E-state index >= 15 is 0 Å². The van der Waals surface area contributed by atoms with Gasteiger partial charge >= 0.3 is 0 Å². The quantitative estimate of drug-likeness (QED) is 0.892. The van der Waals surface area contributed by atoms with E-state index in [0.29, 0.717) is 6.10 Å². The molecule has 0 spiro atoms. The normalized spacial score (nSPS) is 20.4. The van der Waals surface area contributed by atoms with Gasteiger partial charge in [-0.25, -0.2) is 4.98 Å². The molecule has 6 heteroatoms. The number of piperazine rings is 1. The highest BCUT2D eigenvalue weighted by atomic mass is 16.5. The molecule has 1 N–H and O–H groups in total. The van der Waals surface area contributed by atoms with Crippen LogP contribution in [0.2, 0.25) is 0 Å². The van der Waals surface area contributed by atoms with Crippen LogP contribution in [0.5, 0.6) is 0 Å². The number of hydrogen-bond donors (Lipinski definition) is 1. The monoisotopic (exact) mass is 353 g/mol. The summed E-state index contributed by atoms with van der Waals surface area (Å²) in [5.41, 5.74) is 2.61. The van der Waals surface area contributed by atoms with Gasteiger partial charge in [0.15, 0.2) is 0 Å². The van der Waals surface area contributed by atoms with Crippen molar-refractivity contribution in [2.24, 2.45) is 0 Å². The molecule has 2 aliphatic heterocycles. The second-order valence-electron chi connectivity index (χ2n) is 7.07. The molecule has 0 bridgehead atoms. The van der Waals surface area contributed by atoms with Crippen molar-refractivity contribution in [1.82, 2.24) is 9.97 Å². The van der Waals surface area contributed by atoms with Gasteiger partial charge in [0.1, 0.15) is 5.82 Å². The first-order valence-corrected chi connectivity index (χ1v) is 9.53. The number of nitrogens with zero attached hydrogens (tertiary/aromatic N) is 4. The summed E-state index contributed by atoms with van der Waals surface area (Å²) >= 11 is 0. The topological polar surface area (TPSA) is 53.5 Å². The maximum absolute atomic E-state index is 5.66. The van der Waals surface area contributed by atoms with E-state index < -0.39 is 0 Å². The summed E-state index contributed by atoms with van der Waals surface area (Å²) in [6.07, 6.45) is 4.44. The fraction of sp³-hybridized carbons (Fsp3) is 0.500. The van der Waals surface area contributed by atoms with E-state index in [1.165, 1.54) is 11.3 Å². The highest BCUT2D eigenvalue weighted by Gasteiger charge is 2.20. The molecule has 6 nitrogen and oxygen atoms in total. The summed E-state index contributed by atoms with van der Waals surface area (Å²) in [6.45, 7) is 7.68. The van der Waals surface area contributed by atoms with Crippen LogP contribution in [0.15, 0.2) is 36.5 Å². The van der Waals surface area contributed by atoms with Gasteiger partial charge < -0.3 is 19.9 Å². The summed E-state index contributed by atoms with van der Waals surface area (Å²) in [7, 11) is 0. The van der Waals surface area contributed by atoms with Crippen LogP contribution in [0.4, 0.5) is 17.5 Å². The Hall–Kier alpha value is -2.34. The van der Waals surface area contributed by atoms with E-state index in [0.717, 1.165) is 63.9 Å². The van der Waals surface area contributed by atoms with Crippen molar-refractivity contribution in [2.45, 2.75) is 25.9 Å². The van der Waals surface area contributed by atoms with Crippen LogP contribution in [-0.2, 0) is 4.74 Å². The molecule has 2 saturated heterocycles. The number of aryl methyl sites for hydroxylation is 1. The molecule has 2 aromatic rings. The Morgan fingerprint density at radius 3 is 2.77 bits per heavy atom. The zero-order valence-electron chi connectivity index (χ0n) is 15.4. The number of ether oxygens (including phenoxy) is 1. The Balaban J connectivity index is 1.34. The van der Waals surface area contributed by atoms with Crippen molar-refractivity contribution in [3.63, 3.8) is 0 Å². The molecule has 0 radical (unpaired) electrons. The Labute approximate surface area is 155 Å². The van der Waals surface area contributed by atoms with E-state index in [1.807, 2.05) is 12.3 Å². The average molecular weight is 353 g/mol. The molecule has 4 rings (SSSR count). The van der Waals surface area contributed by atoms with Gasteiger partial charge in [-0.3, -0.25) is 0 Å². The third-order valence-electron chi connectivity index (χ3n) is 5.11. The van der Waals surface area contributed by atoms with Crippen LogP contribution in [-0.4, -0.2) is 55.4 Å². The van der Waals surface area contributed by atoms with Gasteiger partial charge in [0.2, 0.25) is 5.95 Å². The zero-order chi connectivity index (χ0) is 17.8. The smallest absolute Gasteiger partial charge is 0.227 e. The number of anilines is 3. The molecular weight excluding hydrogens is 326 g/mol. The Morgan fingerprint density at radius 2 is 2.00 bits per heavy atom. The lowest BCUT2D eigenvalue weighted by Crippen LogP contribution is -2.47. The van der Waals surface area contributed by atoms with Crippen molar-refractivity contribution < 1.29 is 4.74 Å². The van der Waals surface area contributed by atoms with Gasteiger partial charge in [-0.15, -0.1) is 0 Å². The summed E-state index contributed by atoms with van der Waals surface area (Å²) in [5.74, 6) is 1.69. The molecule has 26 heavy (non-hydrogen) atoms. The highest BCUT2D eigenvalue weighted by molar-refractivity contribution is 5.50. The lowest BCUT2D eigenvalue weighted by Gasteiger charge is -2.36. The summed E-state index contributed by atoms with van der Waals surface area (Å²) in [4.78, 5) is 13.9. The summed E-state index contributed by atoms with van der Waals surface area (Å²) < 4.78 is 5.66. The number of benzene rings is 1. The molecule has 1 atom stereocenters. The number of aromatic nitrogens is 2. The second kappa shape index (κ2) is 7.91. The highest BCUT2D eigenvalue weighted by Crippen LogP contribution is 2.20. The van der Waals surface area contributed by atoms with Crippen LogP contribution in [0.25, 0.3) is 0 Å². The van der Waals surface area contributed by atoms with Crippen LogP contribution in [0, 0.1) is 6.92 Å². The predicted molar refractivity (Wildman–Crippen MR) is 105 cm³/mol. The first kappa shape index (κ1) is 17.1. The van der Waals surface area contributed by atoms with Crippen LogP contribution >= 0.6 is 0 Å². The third kappa shape index (κ3) is 4.07. The van der Waals surface area contributed by atoms with E-state index in [9.17, 15) is 0 Å². The first-order valence-electron chi connectivity index (χ1n) is 9.53. The van der Waals surface area contributed by atoms with Crippen LogP contribution in [0.1, 0.15) is 18.4 Å². The van der Waals surface area contributed by atoms with Gasteiger partial charge in [-0.1, -0.05) is 12.1 Å². The molecule has 0 saturated carbocycles. The van der Waals surface area contributed by atoms with Gasteiger partial charge in [0.25, 0.3) is 0 Å². The average Bonchev–Trinajstić information content (AvgIpc) is 3.20. The Kier molecular flexibility index (Phi) is 5.20. The summed E-state index contributed by atoms with van der Waals surface area (Å²) in [5, 5.41) is 3.39. The van der Waals surface area contributed by atoms with Gasteiger partial charge in [-0.2, -0.15) is 4.98 Å². The minimum atomic E-state index is 0.311. The lowest BCUT2D eigenvalue weighted by molar-refractivity contribution is 0.120. The molecule has 1 unspecified atom stereocenters. The van der Waals surface area contributed by atoms with Crippen molar-refractivity contribution in [3.8, 4) is 0 Å². The first-order chi connectivity index (χ1) is 12.8. The van der Waals surface area contributed by atoms with E-state index in [1.54, 1.807) is 0 Å². The minimum Gasteiger partial charge on any atom is -0.376 e. The number of hydrogen-bond acceptors (Lipinski definition) is 6. The predicted octanol–water partition coefficient (Wildman–Crippen LogP) is 2.70. The van der Waals surface area contributed by atoms with E-state index in [2.05, 4.69) is 51.3 Å². The molecule has 3 heterocycles. The van der Waals surface area contributed by atoms with Gasteiger partial charge in [0, 0.05) is 51.2 Å². The zero-order valence-corrected chi connectivity index (χ0v) is 15.4. The SMILES string of the molecule is Cc1cccc(N2CCN(c3nccc(NCC4CCCO4)n3)CC2)c1. The van der Waals surface area contributed by atoms with Crippen LogP contribution in [0.3, 0.4) is 0 Å². The molecule has 138 valence electrons. The van der Waals surface area contributed by atoms with Gasteiger partial charge in [0.05, 0.1) is 6.10 Å². The maximum Gasteiger partial charge on any atom is 0.227 e. The van der Waals surface area contributed by atoms with Crippen molar-refractivity contribution in [2.75, 3.05) is 54.4 Å². The number of rotatable bonds is 5. The summed E-state index contributed by atoms with van der Waals surface area (Å²) in [6, 6.07) is 10.6. The Morgan fingerprint density at radius 1 is 1.15 bits per heavy atom.